The van der Waals surface area contributed by atoms with Crippen LogP contribution in [0.5, 0.6) is 5.75 Å². The van der Waals surface area contributed by atoms with Crippen molar-refractivity contribution >= 4 is 71.1 Å². The van der Waals surface area contributed by atoms with Gasteiger partial charge < -0.3 is 9.52 Å². The van der Waals surface area contributed by atoms with E-state index in [2.05, 4.69) is 151 Å². The molecule has 0 aliphatic heterocycles. The van der Waals surface area contributed by atoms with Crippen LogP contribution < -0.4 is 0 Å². The minimum Gasteiger partial charge on any atom is -0.506 e. The van der Waals surface area contributed by atoms with Crippen LogP contribution in [0.4, 0.5) is 0 Å². The molecule has 1 heterocycles. The minimum absolute atomic E-state index is 0.209. The Labute approximate surface area is 305 Å². The second-order valence-electron chi connectivity index (χ2n) is 13.8. The fourth-order valence-electron chi connectivity index (χ4n) is 8.73. The smallest absolute Gasteiger partial charge is 0.139 e. The van der Waals surface area contributed by atoms with Crippen molar-refractivity contribution < 1.29 is 9.52 Å². The van der Waals surface area contributed by atoms with E-state index in [4.69, 9.17) is 4.42 Å². The van der Waals surface area contributed by atoms with Crippen molar-refractivity contribution in [2.75, 3.05) is 0 Å². The first-order valence-electron chi connectivity index (χ1n) is 18.1. The van der Waals surface area contributed by atoms with Gasteiger partial charge in [0.2, 0.25) is 0 Å². The Hall–Kier alpha value is -7.08. The highest BCUT2D eigenvalue weighted by Gasteiger charge is 2.25. The molecule has 9 aromatic carbocycles. The van der Waals surface area contributed by atoms with Crippen molar-refractivity contribution in [1.82, 2.24) is 0 Å². The molecule has 0 fully saturated rings. The highest BCUT2D eigenvalue weighted by atomic mass is 16.3. The zero-order valence-electron chi connectivity index (χ0n) is 28.7. The van der Waals surface area contributed by atoms with E-state index in [1.807, 2.05) is 24.3 Å². The van der Waals surface area contributed by atoms with Gasteiger partial charge in [0.05, 0.1) is 5.39 Å². The summed E-state index contributed by atoms with van der Waals surface area (Å²) >= 11 is 0. The summed E-state index contributed by atoms with van der Waals surface area (Å²) in [6, 6.07) is 53.8. The van der Waals surface area contributed by atoms with Gasteiger partial charge in [0.15, 0.2) is 0 Å². The maximum absolute atomic E-state index is 12.3. The number of allylic oxidation sites excluding steroid dienone is 1. The Bertz CT molecular complexity index is 3200. The van der Waals surface area contributed by atoms with Gasteiger partial charge >= 0.3 is 0 Å². The largest absolute Gasteiger partial charge is 0.506 e. The van der Waals surface area contributed by atoms with E-state index < -0.39 is 0 Å². The summed E-state index contributed by atoms with van der Waals surface area (Å²) < 4.78 is 6.43. The number of phenolic OH excluding ortho intramolecular Hbond substituents is 1. The number of benzene rings is 9. The van der Waals surface area contributed by atoms with Crippen molar-refractivity contribution in [3.8, 4) is 51.0 Å². The summed E-state index contributed by atoms with van der Waals surface area (Å²) in [7, 11) is 0. The quantitative estimate of drug-likeness (QED) is 0.149. The molecule has 0 spiro atoms. The van der Waals surface area contributed by atoms with E-state index in [0.29, 0.717) is 12.0 Å². The molecule has 2 nitrogen and oxygen atoms in total. The summed E-state index contributed by atoms with van der Waals surface area (Å²) in [5.41, 5.74) is 10.2. The van der Waals surface area contributed by atoms with Gasteiger partial charge in [-0.3, -0.25) is 0 Å². The molecule has 53 heavy (non-hydrogen) atoms. The van der Waals surface area contributed by atoms with Crippen LogP contribution >= 0.6 is 0 Å². The number of aromatic hydroxyl groups is 1. The number of fused-ring (bicyclic) bond motifs is 9. The van der Waals surface area contributed by atoms with Crippen LogP contribution in [0.25, 0.3) is 104 Å². The third-order valence-electron chi connectivity index (χ3n) is 11.0. The molecule has 246 valence electrons. The van der Waals surface area contributed by atoms with Crippen LogP contribution in [0.3, 0.4) is 0 Å². The molecule has 10 aromatic rings. The van der Waals surface area contributed by atoms with Crippen LogP contribution in [-0.2, 0) is 0 Å². The van der Waals surface area contributed by atoms with E-state index in [1.54, 1.807) is 0 Å². The fourth-order valence-corrected chi connectivity index (χ4v) is 8.73. The van der Waals surface area contributed by atoms with Crippen molar-refractivity contribution in [1.29, 1.82) is 0 Å². The molecule has 0 unspecified atom stereocenters. The average molecular weight is 675 g/mol. The molecule has 2 heteroatoms. The zero-order valence-corrected chi connectivity index (χ0v) is 28.7. The highest BCUT2D eigenvalue weighted by Crippen LogP contribution is 2.51. The molecule has 1 aliphatic carbocycles. The third kappa shape index (κ3) is 4.35. The van der Waals surface area contributed by atoms with Crippen LogP contribution in [0, 0.1) is 11.8 Å². The monoisotopic (exact) mass is 674 g/mol. The SMILES string of the molecule is Oc1c2c3c(cc(-c4c5ccccc5c(-c5ccc(-c6ccccc6)c6ccccc56)c5ccccc45)c2cc2oc4ccccc4c12)C=CCC#C3. The van der Waals surface area contributed by atoms with E-state index >= 15 is 0 Å². The Morgan fingerprint density at radius 2 is 1.04 bits per heavy atom. The van der Waals surface area contributed by atoms with Crippen LogP contribution in [0.15, 0.2) is 162 Å². The minimum atomic E-state index is 0.209. The first-order chi connectivity index (χ1) is 26.2. The fraction of sp³-hybridized carbons (Fsp3) is 0.0196. The molecule has 1 aliphatic rings. The van der Waals surface area contributed by atoms with Crippen molar-refractivity contribution in [2.24, 2.45) is 0 Å². The van der Waals surface area contributed by atoms with Gasteiger partial charge in [-0.25, -0.2) is 0 Å². The van der Waals surface area contributed by atoms with Crippen LogP contribution in [0.2, 0.25) is 0 Å². The standard InChI is InChI=1S/C51H30O2/c52-51-49-34-18-6-2-5-17-32(34)29-43(44(49)30-46-50(51)42-25-13-14-26-45(42)53-46)48-39-23-11-9-21-37(39)47(38-22-10-12-24-40(38)48)41-28-27-33(31-15-3-1-4-16-31)35-19-7-8-20-36(35)41/h1,3-5,7-17,19-30,52H,2H2. The number of phenols is 1. The van der Waals surface area contributed by atoms with Crippen molar-refractivity contribution in [3.05, 3.63) is 169 Å². The Balaban J connectivity index is 1.29. The molecule has 0 saturated heterocycles. The Morgan fingerprint density at radius 1 is 0.472 bits per heavy atom. The van der Waals surface area contributed by atoms with Crippen molar-refractivity contribution in [3.63, 3.8) is 0 Å². The second-order valence-corrected chi connectivity index (χ2v) is 13.8. The number of hydrogen-bond donors (Lipinski definition) is 1. The molecular weight excluding hydrogens is 645 g/mol. The van der Waals surface area contributed by atoms with Gasteiger partial charge in [0, 0.05) is 22.8 Å². The first-order valence-corrected chi connectivity index (χ1v) is 18.1. The van der Waals surface area contributed by atoms with Gasteiger partial charge in [0.1, 0.15) is 16.9 Å². The molecule has 1 N–H and O–H groups in total. The van der Waals surface area contributed by atoms with Gasteiger partial charge in [-0.05, 0) is 94.8 Å². The molecular formula is C51H30O2. The molecule has 0 radical (unpaired) electrons. The molecule has 11 rings (SSSR count). The summed E-state index contributed by atoms with van der Waals surface area (Å²) in [4.78, 5) is 0. The van der Waals surface area contributed by atoms with Gasteiger partial charge in [-0.2, -0.15) is 0 Å². The van der Waals surface area contributed by atoms with E-state index in [1.165, 1.54) is 43.8 Å². The lowest BCUT2D eigenvalue weighted by Gasteiger charge is -2.21. The summed E-state index contributed by atoms with van der Waals surface area (Å²) in [5, 5.41) is 22.7. The second kappa shape index (κ2) is 11.5. The van der Waals surface area contributed by atoms with E-state index in [9.17, 15) is 5.11 Å². The summed E-state index contributed by atoms with van der Waals surface area (Å²) in [5.74, 6) is 6.94. The molecule has 0 amide bonds. The third-order valence-corrected chi connectivity index (χ3v) is 11.0. The zero-order chi connectivity index (χ0) is 35.0. The van der Waals surface area contributed by atoms with Crippen LogP contribution in [0.1, 0.15) is 17.5 Å². The molecule has 1 aromatic heterocycles. The van der Waals surface area contributed by atoms with Gasteiger partial charge in [-0.1, -0.05) is 157 Å². The topological polar surface area (TPSA) is 33.4 Å². The molecule has 0 atom stereocenters. The lowest BCUT2D eigenvalue weighted by molar-refractivity contribution is 0.487. The van der Waals surface area contributed by atoms with Gasteiger partial charge in [0.25, 0.3) is 0 Å². The summed E-state index contributed by atoms with van der Waals surface area (Å²) in [6.07, 6.45) is 4.91. The Morgan fingerprint density at radius 3 is 1.74 bits per heavy atom. The lowest BCUT2D eigenvalue weighted by atomic mass is 9.81. The number of para-hydroxylation sites is 1. The van der Waals surface area contributed by atoms with Gasteiger partial charge in [-0.15, -0.1) is 0 Å². The highest BCUT2D eigenvalue weighted by molar-refractivity contribution is 6.27. The number of hydrogen-bond acceptors (Lipinski definition) is 2. The molecule has 0 bridgehead atoms. The maximum Gasteiger partial charge on any atom is 0.139 e. The lowest BCUT2D eigenvalue weighted by Crippen LogP contribution is -1.95. The normalized spacial score (nSPS) is 12.5. The summed E-state index contributed by atoms with van der Waals surface area (Å²) in [6.45, 7) is 0. The predicted octanol–water partition coefficient (Wildman–Crippen LogP) is 13.7. The average Bonchev–Trinajstić information content (AvgIpc) is 3.42. The van der Waals surface area contributed by atoms with Crippen LogP contribution in [-0.4, -0.2) is 5.11 Å². The molecule has 0 saturated carbocycles. The number of rotatable bonds is 3. The number of furan rings is 1. The first kappa shape index (κ1) is 29.6. The maximum atomic E-state index is 12.3. The Kier molecular flexibility index (Phi) is 6.41. The van der Waals surface area contributed by atoms with Crippen molar-refractivity contribution in [2.45, 2.75) is 6.42 Å². The predicted molar refractivity (Wildman–Crippen MR) is 222 cm³/mol. The van der Waals surface area contributed by atoms with E-state index in [-0.39, 0.29) is 5.75 Å². The van der Waals surface area contributed by atoms with E-state index in [0.717, 1.165) is 60.2 Å².